The quantitative estimate of drug-likeness (QED) is 0.863. The van der Waals surface area contributed by atoms with E-state index in [4.69, 9.17) is 5.73 Å². The van der Waals surface area contributed by atoms with Crippen LogP contribution in [0.1, 0.15) is 38.0 Å². The normalized spacial score (nSPS) is 21.9. The molecule has 1 saturated heterocycles. The molecule has 0 unspecified atom stereocenters. The molecule has 0 atom stereocenters. The van der Waals surface area contributed by atoms with Gasteiger partial charge >= 0.3 is 0 Å². The van der Waals surface area contributed by atoms with E-state index < -0.39 is 0 Å². The highest BCUT2D eigenvalue weighted by Gasteiger charge is 2.23. The molecule has 0 aliphatic carbocycles. The van der Waals surface area contributed by atoms with E-state index in [-0.39, 0.29) is 0 Å². The van der Waals surface area contributed by atoms with Gasteiger partial charge in [-0.15, -0.1) is 11.3 Å². The molecule has 1 aromatic rings. The van der Waals surface area contributed by atoms with E-state index in [0.717, 1.165) is 6.54 Å². The minimum Gasteiger partial charge on any atom is -0.375 e. The molecule has 1 aliphatic rings. The van der Waals surface area contributed by atoms with Crippen molar-refractivity contribution >= 4 is 16.5 Å². The summed E-state index contributed by atoms with van der Waals surface area (Å²) >= 11 is 1.61. The first-order valence-corrected chi connectivity index (χ1v) is 6.79. The van der Waals surface area contributed by atoms with E-state index in [0.29, 0.717) is 10.5 Å². The van der Waals surface area contributed by atoms with Gasteiger partial charge in [0.25, 0.3) is 0 Å². The molecule has 0 amide bonds. The third-order valence-corrected chi connectivity index (χ3v) is 4.19. The fraction of sp³-hybridized carbons (Fsp3) is 0.750. The van der Waals surface area contributed by atoms with Gasteiger partial charge in [-0.1, -0.05) is 13.8 Å². The van der Waals surface area contributed by atoms with E-state index >= 15 is 0 Å². The van der Waals surface area contributed by atoms with Crippen molar-refractivity contribution in [3.8, 4) is 0 Å². The largest absolute Gasteiger partial charge is 0.375 e. The van der Waals surface area contributed by atoms with Gasteiger partial charge in [-0.05, 0) is 37.8 Å². The highest BCUT2D eigenvalue weighted by molar-refractivity contribution is 7.15. The summed E-state index contributed by atoms with van der Waals surface area (Å²) < 4.78 is 0. The summed E-state index contributed by atoms with van der Waals surface area (Å²) in [6, 6.07) is 0. The first-order chi connectivity index (χ1) is 7.55. The maximum Gasteiger partial charge on any atom is 0.180 e. The maximum atomic E-state index is 5.65. The Morgan fingerprint density at radius 3 is 2.94 bits per heavy atom. The lowest BCUT2D eigenvalue weighted by Gasteiger charge is -2.22. The summed E-state index contributed by atoms with van der Waals surface area (Å²) in [6.07, 6.45) is 5.85. The van der Waals surface area contributed by atoms with Crippen molar-refractivity contribution in [3.63, 3.8) is 0 Å². The number of nitrogens with two attached hydrogens (primary N) is 1. The van der Waals surface area contributed by atoms with Crippen LogP contribution in [0.3, 0.4) is 0 Å². The topological polar surface area (TPSA) is 42.2 Å². The Kier molecular flexibility index (Phi) is 3.50. The molecule has 0 spiro atoms. The molecule has 4 heteroatoms. The molecular formula is C12H21N3S. The number of hydrogen-bond donors (Lipinski definition) is 1. The lowest BCUT2D eigenvalue weighted by atomic mass is 9.85. The summed E-state index contributed by atoms with van der Waals surface area (Å²) in [5.41, 5.74) is 6.16. The summed E-state index contributed by atoms with van der Waals surface area (Å²) in [6.45, 7) is 8.18. The number of likely N-dealkylation sites (tertiary alicyclic amines) is 1. The van der Waals surface area contributed by atoms with Gasteiger partial charge < -0.3 is 5.73 Å². The van der Waals surface area contributed by atoms with Crippen molar-refractivity contribution in [1.82, 2.24) is 9.88 Å². The zero-order valence-electron chi connectivity index (χ0n) is 10.2. The molecule has 1 aliphatic heterocycles. The van der Waals surface area contributed by atoms with Crippen molar-refractivity contribution in [2.75, 3.05) is 18.8 Å². The summed E-state index contributed by atoms with van der Waals surface area (Å²) in [4.78, 5) is 7.92. The van der Waals surface area contributed by atoms with E-state index in [9.17, 15) is 0 Å². The highest BCUT2D eigenvalue weighted by Crippen LogP contribution is 2.30. The number of nitrogen functional groups attached to an aromatic ring is 1. The van der Waals surface area contributed by atoms with Crippen LogP contribution >= 0.6 is 11.3 Å². The summed E-state index contributed by atoms with van der Waals surface area (Å²) in [5, 5.41) is 0.685. The zero-order valence-corrected chi connectivity index (χ0v) is 11.0. The average molecular weight is 239 g/mol. The second-order valence-electron chi connectivity index (χ2n) is 5.46. The molecule has 0 saturated carbocycles. The smallest absolute Gasteiger partial charge is 0.180 e. The number of nitrogens with zero attached hydrogens (tertiary/aromatic N) is 2. The fourth-order valence-corrected chi connectivity index (χ4v) is 2.98. The fourth-order valence-electron chi connectivity index (χ4n) is 2.25. The van der Waals surface area contributed by atoms with Crippen LogP contribution in [-0.2, 0) is 6.54 Å². The monoisotopic (exact) mass is 239 g/mol. The van der Waals surface area contributed by atoms with Crippen LogP contribution in [0.4, 0.5) is 5.13 Å². The molecule has 2 N–H and O–H groups in total. The van der Waals surface area contributed by atoms with Gasteiger partial charge in [0.2, 0.25) is 0 Å². The molecular weight excluding hydrogens is 218 g/mol. The van der Waals surface area contributed by atoms with E-state index in [1.807, 2.05) is 6.20 Å². The van der Waals surface area contributed by atoms with Gasteiger partial charge in [-0.3, -0.25) is 4.90 Å². The SMILES string of the molecule is CC1(C)CCCN(Cc2cnc(N)s2)CC1. The number of anilines is 1. The Morgan fingerprint density at radius 2 is 2.25 bits per heavy atom. The van der Waals surface area contributed by atoms with Gasteiger partial charge in [0.05, 0.1) is 0 Å². The number of rotatable bonds is 2. The summed E-state index contributed by atoms with van der Waals surface area (Å²) in [7, 11) is 0. The van der Waals surface area contributed by atoms with Crippen LogP contribution < -0.4 is 5.73 Å². The standard InChI is InChI=1S/C12H21N3S/c1-12(2)4-3-6-15(7-5-12)9-10-8-14-11(13)16-10/h8H,3-7,9H2,1-2H3,(H2,13,14). The Balaban J connectivity index is 1.91. The molecule has 0 aromatic carbocycles. The third-order valence-electron chi connectivity index (χ3n) is 3.38. The lowest BCUT2D eigenvalue weighted by Crippen LogP contribution is -2.24. The van der Waals surface area contributed by atoms with Crippen molar-refractivity contribution in [1.29, 1.82) is 0 Å². The second-order valence-corrected chi connectivity index (χ2v) is 6.61. The Morgan fingerprint density at radius 1 is 1.44 bits per heavy atom. The van der Waals surface area contributed by atoms with Gasteiger partial charge in [0, 0.05) is 17.6 Å². The van der Waals surface area contributed by atoms with Crippen LogP contribution in [0.15, 0.2) is 6.20 Å². The average Bonchev–Trinajstić information content (AvgIpc) is 2.52. The molecule has 1 fully saturated rings. The summed E-state index contributed by atoms with van der Waals surface area (Å²) in [5.74, 6) is 0. The molecule has 0 radical (unpaired) electrons. The highest BCUT2D eigenvalue weighted by atomic mass is 32.1. The van der Waals surface area contributed by atoms with E-state index in [2.05, 4.69) is 23.7 Å². The first kappa shape index (κ1) is 11.9. The first-order valence-electron chi connectivity index (χ1n) is 5.98. The van der Waals surface area contributed by atoms with E-state index in [1.54, 1.807) is 11.3 Å². The molecule has 0 bridgehead atoms. The predicted octanol–water partition coefficient (Wildman–Crippen LogP) is 2.74. The zero-order chi connectivity index (χ0) is 11.6. The third kappa shape index (κ3) is 3.19. The lowest BCUT2D eigenvalue weighted by molar-refractivity contribution is 0.257. The molecule has 90 valence electrons. The van der Waals surface area contributed by atoms with Crippen molar-refractivity contribution in [2.45, 2.75) is 39.7 Å². The number of hydrogen-bond acceptors (Lipinski definition) is 4. The molecule has 3 nitrogen and oxygen atoms in total. The maximum absolute atomic E-state index is 5.65. The molecule has 16 heavy (non-hydrogen) atoms. The van der Waals surface area contributed by atoms with Crippen molar-refractivity contribution in [3.05, 3.63) is 11.1 Å². The van der Waals surface area contributed by atoms with Crippen LogP contribution in [0.2, 0.25) is 0 Å². The second kappa shape index (κ2) is 4.72. The Hall–Kier alpha value is -0.610. The van der Waals surface area contributed by atoms with Crippen molar-refractivity contribution < 1.29 is 0 Å². The minimum atomic E-state index is 0.515. The number of aromatic nitrogens is 1. The van der Waals surface area contributed by atoms with Gasteiger partial charge in [0.15, 0.2) is 5.13 Å². The van der Waals surface area contributed by atoms with Gasteiger partial charge in [-0.2, -0.15) is 0 Å². The molecule has 2 rings (SSSR count). The number of thiazole rings is 1. The van der Waals surface area contributed by atoms with Crippen LogP contribution in [0, 0.1) is 5.41 Å². The van der Waals surface area contributed by atoms with Gasteiger partial charge in [-0.25, -0.2) is 4.98 Å². The molecule has 2 heterocycles. The minimum absolute atomic E-state index is 0.515. The Bertz CT molecular complexity index is 346. The predicted molar refractivity (Wildman–Crippen MR) is 69.4 cm³/mol. The van der Waals surface area contributed by atoms with Crippen LogP contribution in [0.25, 0.3) is 0 Å². The van der Waals surface area contributed by atoms with E-state index in [1.165, 1.54) is 37.2 Å². The van der Waals surface area contributed by atoms with Crippen LogP contribution in [0.5, 0.6) is 0 Å². The van der Waals surface area contributed by atoms with Crippen molar-refractivity contribution in [2.24, 2.45) is 5.41 Å². The van der Waals surface area contributed by atoms with Crippen LogP contribution in [-0.4, -0.2) is 23.0 Å². The Labute approximate surface area is 102 Å². The molecule has 1 aromatic heterocycles. The van der Waals surface area contributed by atoms with Gasteiger partial charge in [0.1, 0.15) is 0 Å².